The minimum absolute atomic E-state index is 0.378. The van der Waals surface area contributed by atoms with Crippen molar-refractivity contribution >= 4 is 0 Å². The number of aromatic nitrogens is 2. The van der Waals surface area contributed by atoms with Gasteiger partial charge in [0.05, 0.1) is 6.20 Å². The normalized spacial score (nSPS) is 42.4. The lowest BCUT2D eigenvalue weighted by Gasteiger charge is -2.63. The van der Waals surface area contributed by atoms with Crippen molar-refractivity contribution in [2.45, 2.75) is 64.3 Å². The summed E-state index contributed by atoms with van der Waals surface area (Å²) in [5.74, 6) is 1.95. The summed E-state index contributed by atoms with van der Waals surface area (Å²) in [6, 6.07) is 0.378. The molecule has 3 nitrogen and oxygen atoms in total. The molecule has 0 spiro atoms. The molecule has 3 atom stereocenters. The minimum atomic E-state index is 0.378. The van der Waals surface area contributed by atoms with Gasteiger partial charge in [-0.1, -0.05) is 6.92 Å². The molecular formula is C18H29N3. The predicted molar refractivity (Wildman–Crippen MR) is 84.7 cm³/mol. The molecule has 3 unspecified atom stereocenters. The molecule has 2 N–H and O–H groups in total. The molecule has 0 radical (unpaired) electrons. The summed E-state index contributed by atoms with van der Waals surface area (Å²) in [5.41, 5.74) is 9.16. The van der Waals surface area contributed by atoms with Gasteiger partial charge in [-0.05, 0) is 79.6 Å². The Kier molecular flexibility index (Phi) is 3.01. The van der Waals surface area contributed by atoms with Crippen LogP contribution >= 0.6 is 0 Å². The molecule has 0 amide bonds. The lowest BCUT2D eigenvalue weighted by Crippen LogP contribution is -2.57. The zero-order valence-corrected chi connectivity index (χ0v) is 13.5. The first-order valence-electron chi connectivity index (χ1n) is 8.70. The monoisotopic (exact) mass is 287 g/mol. The summed E-state index contributed by atoms with van der Waals surface area (Å²) in [4.78, 5) is 0. The fourth-order valence-corrected chi connectivity index (χ4v) is 6.46. The molecular weight excluding hydrogens is 258 g/mol. The molecule has 4 aliphatic carbocycles. The maximum Gasteiger partial charge on any atom is 0.0521 e. The zero-order chi connectivity index (χ0) is 14.7. The van der Waals surface area contributed by atoms with Crippen LogP contribution in [-0.2, 0) is 13.5 Å². The van der Waals surface area contributed by atoms with Crippen molar-refractivity contribution in [2.75, 3.05) is 0 Å². The van der Waals surface area contributed by atoms with Gasteiger partial charge in [-0.15, -0.1) is 0 Å². The van der Waals surface area contributed by atoms with Gasteiger partial charge in [-0.25, -0.2) is 0 Å². The second kappa shape index (κ2) is 4.58. The largest absolute Gasteiger partial charge is 0.327 e. The van der Waals surface area contributed by atoms with E-state index in [1.165, 1.54) is 44.1 Å². The number of nitrogens with two attached hydrogens (primary N) is 1. The summed E-state index contributed by atoms with van der Waals surface area (Å²) in [5, 5.41) is 4.27. The van der Waals surface area contributed by atoms with Crippen molar-refractivity contribution in [2.24, 2.45) is 35.4 Å². The number of nitrogens with zero attached hydrogens (tertiary/aromatic N) is 2. The van der Waals surface area contributed by atoms with Gasteiger partial charge in [-0.2, -0.15) is 5.10 Å². The highest BCUT2D eigenvalue weighted by Gasteiger charge is 2.57. The van der Waals surface area contributed by atoms with E-state index in [0.29, 0.717) is 16.9 Å². The fourth-order valence-electron chi connectivity index (χ4n) is 6.46. The minimum Gasteiger partial charge on any atom is -0.327 e. The standard InChI is InChI=1S/C18H29N3/c1-17-6-14-5-15(7-17)9-18(8-14,12-17)16(19)4-3-13-10-20-21(2)11-13/h10-11,14-16H,3-9,12,19H2,1-2H3. The van der Waals surface area contributed by atoms with E-state index in [0.717, 1.165) is 24.7 Å². The van der Waals surface area contributed by atoms with Crippen molar-refractivity contribution in [3.05, 3.63) is 18.0 Å². The molecule has 0 saturated heterocycles. The molecule has 4 fully saturated rings. The number of rotatable bonds is 4. The van der Waals surface area contributed by atoms with Crippen molar-refractivity contribution in [3.63, 3.8) is 0 Å². The topological polar surface area (TPSA) is 43.8 Å². The number of hydrogen-bond donors (Lipinski definition) is 1. The van der Waals surface area contributed by atoms with Crippen LogP contribution in [0, 0.1) is 22.7 Å². The first kappa shape index (κ1) is 13.8. The van der Waals surface area contributed by atoms with Gasteiger partial charge < -0.3 is 5.73 Å². The van der Waals surface area contributed by atoms with E-state index < -0.39 is 0 Å². The maximum atomic E-state index is 6.76. The van der Waals surface area contributed by atoms with Crippen LogP contribution in [0.3, 0.4) is 0 Å². The molecule has 4 saturated carbocycles. The first-order valence-corrected chi connectivity index (χ1v) is 8.70. The van der Waals surface area contributed by atoms with Gasteiger partial charge in [0, 0.05) is 19.3 Å². The fraction of sp³-hybridized carbons (Fsp3) is 0.833. The van der Waals surface area contributed by atoms with Gasteiger partial charge in [-0.3, -0.25) is 4.68 Å². The predicted octanol–water partition coefficient (Wildman–Crippen LogP) is 3.29. The lowest BCUT2D eigenvalue weighted by molar-refractivity contribution is -0.113. The van der Waals surface area contributed by atoms with Crippen LogP contribution in [0.2, 0.25) is 0 Å². The SMILES string of the molecule is Cn1cc(CCC(N)C23CC4CC(CC(C)(C4)C2)C3)cn1. The first-order chi connectivity index (χ1) is 9.96. The van der Waals surface area contributed by atoms with E-state index in [2.05, 4.69) is 18.2 Å². The Morgan fingerprint density at radius 3 is 2.62 bits per heavy atom. The third-order valence-electron chi connectivity index (χ3n) is 6.69. The molecule has 4 bridgehead atoms. The summed E-state index contributed by atoms with van der Waals surface area (Å²) in [6.45, 7) is 2.53. The number of hydrogen-bond acceptors (Lipinski definition) is 2. The van der Waals surface area contributed by atoms with Crippen molar-refractivity contribution in [3.8, 4) is 0 Å². The van der Waals surface area contributed by atoms with Gasteiger partial charge in [0.25, 0.3) is 0 Å². The van der Waals surface area contributed by atoms with Gasteiger partial charge in [0.1, 0.15) is 0 Å². The molecule has 21 heavy (non-hydrogen) atoms. The lowest BCUT2D eigenvalue weighted by atomic mass is 9.43. The molecule has 116 valence electrons. The van der Waals surface area contributed by atoms with E-state index in [1.807, 2.05) is 17.9 Å². The van der Waals surface area contributed by atoms with Gasteiger partial charge in [0.2, 0.25) is 0 Å². The van der Waals surface area contributed by atoms with Crippen LogP contribution in [0.4, 0.5) is 0 Å². The highest BCUT2D eigenvalue weighted by molar-refractivity contribution is 5.11. The van der Waals surface area contributed by atoms with E-state index >= 15 is 0 Å². The van der Waals surface area contributed by atoms with Crippen molar-refractivity contribution < 1.29 is 0 Å². The molecule has 1 aromatic rings. The molecule has 0 aliphatic heterocycles. The van der Waals surface area contributed by atoms with Crippen molar-refractivity contribution in [1.29, 1.82) is 0 Å². The van der Waals surface area contributed by atoms with Crippen molar-refractivity contribution in [1.82, 2.24) is 9.78 Å². The summed E-state index contributed by atoms with van der Waals surface area (Å²) in [7, 11) is 1.99. The number of aryl methyl sites for hydroxylation is 2. The van der Waals surface area contributed by atoms with Crippen LogP contribution in [0.15, 0.2) is 12.4 Å². The third-order valence-corrected chi connectivity index (χ3v) is 6.69. The highest BCUT2D eigenvalue weighted by Crippen LogP contribution is 2.66. The molecule has 1 heterocycles. The second-order valence-corrected chi connectivity index (χ2v) is 8.80. The van der Waals surface area contributed by atoms with Crippen LogP contribution in [0.25, 0.3) is 0 Å². The Morgan fingerprint density at radius 1 is 1.33 bits per heavy atom. The Labute approximate surface area is 128 Å². The molecule has 4 aliphatic rings. The summed E-state index contributed by atoms with van der Waals surface area (Å²) in [6.07, 6.45) is 15.0. The average Bonchev–Trinajstić information content (AvgIpc) is 2.79. The van der Waals surface area contributed by atoms with Crippen LogP contribution < -0.4 is 5.73 Å². The second-order valence-electron chi connectivity index (χ2n) is 8.80. The highest BCUT2D eigenvalue weighted by atomic mass is 15.2. The van der Waals surface area contributed by atoms with Crippen LogP contribution in [0.5, 0.6) is 0 Å². The Balaban J connectivity index is 1.47. The average molecular weight is 287 g/mol. The van der Waals surface area contributed by atoms with Gasteiger partial charge in [0.15, 0.2) is 0 Å². The molecule has 1 aromatic heterocycles. The Morgan fingerprint density at radius 2 is 2.05 bits per heavy atom. The van der Waals surface area contributed by atoms with E-state index in [-0.39, 0.29) is 0 Å². The zero-order valence-electron chi connectivity index (χ0n) is 13.5. The van der Waals surface area contributed by atoms with Gasteiger partial charge >= 0.3 is 0 Å². The summed E-state index contributed by atoms with van der Waals surface area (Å²) < 4.78 is 1.90. The molecule has 5 rings (SSSR count). The molecule has 3 heteroatoms. The maximum absolute atomic E-state index is 6.76. The molecule has 0 aromatic carbocycles. The van der Waals surface area contributed by atoms with E-state index in [9.17, 15) is 0 Å². The van der Waals surface area contributed by atoms with Crippen LogP contribution in [0.1, 0.15) is 57.4 Å². The van der Waals surface area contributed by atoms with E-state index in [4.69, 9.17) is 5.73 Å². The van der Waals surface area contributed by atoms with E-state index in [1.54, 1.807) is 0 Å². The van der Waals surface area contributed by atoms with Crippen LogP contribution in [-0.4, -0.2) is 15.8 Å². The Bertz CT molecular complexity index is 518. The summed E-state index contributed by atoms with van der Waals surface area (Å²) >= 11 is 0. The Hall–Kier alpha value is -0.830. The quantitative estimate of drug-likeness (QED) is 0.923. The smallest absolute Gasteiger partial charge is 0.0521 e. The third kappa shape index (κ3) is 2.34.